The molecule has 1 unspecified atom stereocenters. The maximum atomic E-state index is 11.9. The Bertz CT molecular complexity index is 611. The van der Waals surface area contributed by atoms with Gasteiger partial charge in [0.15, 0.2) is 0 Å². The molecule has 0 bridgehead atoms. The fraction of sp³-hybridized carbons (Fsp3) is 0.357. The number of nitrogens with two attached hydrogens (primary N) is 1. The van der Waals surface area contributed by atoms with Crippen LogP contribution in [-0.2, 0) is 6.42 Å². The standard InChI is InChI=1S/C14H18N2O/c1-8-4-5-9(2)13-12(8)7-11(6-10(3)15)14(17)16-13/h4-5,7,10H,6,15H2,1-3H3,(H,16,17). The first kappa shape index (κ1) is 11.9. The van der Waals surface area contributed by atoms with Gasteiger partial charge in [0, 0.05) is 17.0 Å². The monoisotopic (exact) mass is 230 g/mol. The molecular weight excluding hydrogens is 212 g/mol. The highest BCUT2D eigenvalue weighted by Gasteiger charge is 2.08. The Hall–Kier alpha value is -1.61. The fourth-order valence-electron chi connectivity index (χ4n) is 2.12. The minimum Gasteiger partial charge on any atom is -0.328 e. The third-order valence-corrected chi connectivity index (χ3v) is 3.06. The van der Waals surface area contributed by atoms with Gasteiger partial charge in [-0.25, -0.2) is 0 Å². The van der Waals surface area contributed by atoms with Gasteiger partial charge in [-0.3, -0.25) is 4.79 Å². The molecule has 0 amide bonds. The number of aryl methyl sites for hydroxylation is 2. The molecule has 3 heteroatoms. The summed E-state index contributed by atoms with van der Waals surface area (Å²) in [5.41, 5.74) is 9.69. The lowest BCUT2D eigenvalue weighted by Crippen LogP contribution is -2.23. The van der Waals surface area contributed by atoms with Crippen molar-refractivity contribution < 1.29 is 0 Å². The first-order valence-electron chi connectivity index (χ1n) is 5.86. The Kier molecular flexibility index (Phi) is 3.03. The van der Waals surface area contributed by atoms with Gasteiger partial charge in [0.2, 0.25) is 0 Å². The maximum absolute atomic E-state index is 11.9. The molecule has 0 aliphatic heterocycles. The number of hydrogen-bond acceptors (Lipinski definition) is 2. The third-order valence-electron chi connectivity index (χ3n) is 3.06. The summed E-state index contributed by atoms with van der Waals surface area (Å²) in [5.74, 6) is 0. The molecule has 0 saturated heterocycles. The van der Waals surface area contributed by atoms with Crippen LogP contribution in [0, 0.1) is 13.8 Å². The van der Waals surface area contributed by atoms with Gasteiger partial charge in [0.05, 0.1) is 5.52 Å². The van der Waals surface area contributed by atoms with Crippen LogP contribution in [0.1, 0.15) is 23.6 Å². The zero-order valence-electron chi connectivity index (χ0n) is 10.5. The normalized spacial score (nSPS) is 12.9. The van der Waals surface area contributed by atoms with E-state index >= 15 is 0 Å². The Morgan fingerprint density at radius 3 is 2.59 bits per heavy atom. The number of hydrogen-bond donors (Lipinski definition) is 2. The Morgan fingerprint density at radius 1 is 1.29 bits per heavy atom. The van der Waals surface area contributed by atoms with Crippen molar-refractivity contribution in [2.75, 3.05) is 0 Å². The van der Waals surface area contributed by atoms with Gasteiger partial charge in [-0.2, -0.15) is 0 Å². The van der Waals surface area contributed by atoms with E-state index in [1.54, 1.807) is 0 Å². The average molecular weight is 230 g/mol. The van der Waals surface area contributed by atoms with Crippen molar-refractivity contribution in [2.45, 2.75) is 33.2 Å². The number of aromatic amines is 1. The smallest absolute Gasteiger partial charge is 0.251 e. The molecule has 0 aliphatic rings. The second-order valence-corrected chi connectivity index (χ2v) is 4.79. The number of fused-ring (bicyclic) bond motifs is 1. The van der Waals surface area contributed by atoms with Crippen LogP contribution >= 0.6 is 0 Å². The van der Waals surface area contributed by atoms with Crippen molar-refractivity contribution in [3.8, 4) is 0 Å². The lowest BCUT2D eigenvalue weighted by molar-refractivity contribution is 0.732. The Balaban J connectivity index is 2.71. The van der Waals surface area contributed by atoms with Crippen molar-refractivity contribution >= 4 is 10.9 Å². The summed E-state index contributed by atoms with van der Waals surface area (Å²) in [4.78, 5) is 14.9. The van der Waals surface area contributed by atoms with Gasteiger partial charge in [-0.1, -0.05) is 12.1 Å². The molecule has 0 saturated carbocycles. The average Bonchev–Trinajstić information content (AvgIpc) is 2.25. The van der Waals surface area contributed by atoms with E-state index in [-0.39, 0.29) is 11.6 Å². The number of pyridine rings is 1. The third kappa shape index (κ3) is 2.24. The predicted molar refractivity (Wildman–Crippen MR) is 71.4 cm³/mol. The molecule has 1 aromatic carbocycles. The number of aromatic nitrogens is 1. The SMILES string of the molecule is Cc1ccc(C)c2[nH]c(=O)c(CC(C)N)cc12. The summed E-state index contributed by atoms with van der Waals surface area (Å²) < 4.78 is 0. The van der Waals surface area contributed by atoms with E-state index in [0.717, 1.165) is 22.0 Å². The topological polar surface area (TPSA) is 58.9 Å². The van der Waals surface area contributed by atoms with Crippen LogP contribution in [0.4, 0.5) is 0 Å². The van der Waals surface area contributed by atoms with E-state index in [1.165, 1.54) is 5.56 Å². The summed E-state index contributed by atoms with van der Waals surface area (Å²) in [7, 11) is 0. The second kappa shape index (κ2) is 4.34. The zero-order valence-corrected chi connectivity index (χ0v) is 10.5. The van der Waals surface area contributed by atoms with E-state index in [2.05, 4.69) is 18.0 Å². The molecule has 1 atom stereocenters. The number of H-pyrrole nitrogens is 1. The summed E-state index contributed by atoms with van der Waals surface area (Å²) in [6, 6.07) is 6.07. The molecule has 1 aromatic heterocycles. The first-order chi connectivity index (χ1) is 7.99. The van der Waals surface area contributed by atoms with Crippen molar-refractivity contribution in [2.24, 2.45) is 5.73 Å². The van der Waals surface area contributed by atoms with Crippen LogP contribution < -0.4 is 11.3 Å². The molecule has 90 valence electrons. The van der Waals surface area contributed by atoms with Crippen molar-refractivity contribution in [3.05, 3.63) is 45.2 Å². The highest BCUT2D eigenvalue weighted by molar-refractivity contribution is 5.85. The molecule has 0 spiro atoms. The lowest BCUT2D eigenvalue weighted by Gasteiger charge is -2.09. The zero-order chi connectivity index (χ0) is 12.6. The molecule has 0 fully saturated rings. The minimum absolute atomic E-state index is 0.00124. The van der Waals surface area contributed by atoms with Crippen LogP contribution in [0.2, 0.25) is 0 Å². The molecule has 2 aromatic rings. The Labute approximate surface area is 101 Å². The van der Waals surface area contributed by atoms with E-state index in [4.69, 9.17) is 5.73 Å². The van der Waals surface area contributed by atoms with Crippen molar-refractivity contribution in [3.63, 3.8) is 0 Å². The van der Waals surface area contributed by atoms with E-state index < -0.39 is 0 Å². The number of nitrogens with one attached hydrogen (secondary N) is 1. The molecule has 3 nitrogen and oxygen atoms in total. The molecule has 0 radical (unpaired) electrons. The Morgan fingerprint density at radius 2 is 1.94 bits per heavy atom. The summed E-state index contributed by atoms with van der Waals surface area (Å²) in [5, 5.41) is 1.11. The summed E-state index contributed by atoms with van der Waals surface area (Å²) in [6.45, 7) is 5.96. The molecule has 17 heavy (non-hydrogen) atoms. The quantitative estimate of drug-likeness (QED) is 0.829. The summed E-state index contributed by atoms with van der Waals surface area (Å²) in [6.07, 6.45) is 0.610. The van der Waals surface area contributed by atoms with Gasteiger partial charge in [0.25, 0.3) is 5.56 Å². The molecule has 0 aliphatic carbocycles. The van der Waals surface area contributed by atoms with Crippen LogP contribution in [0.15, 0.2) is 23.0 Å². The van der Waals surface area contributed by atoms with Gasteiger partial charge < -0.3 is 10.7 Å². The summed E-state index contributed by atoms with van der Waals surface area (Å²) >= 11 is 0. The lowest BCUT2D eigenvalue weighted by atomic mass is 10.0. The molecule has 3 N–H and O–H groups in total. The maximum Gasteiger partial charge on any atom is 0.251 e. The predicted octanol–water partition coefficient (Wildman–Crippen LogP) is 2.03. The fourth-order valence-corrected chi connectivity index (χ4v) is 2.12. The minimum atomic E-state index is -0.0245. The molecule has 1 heterocycles. The first-order valence-corrected chi connectivity index (χ1v) is 5.86. The van der Waals surface area contributed by atoms with Crippen LogP contribution in [0.5, 0.6) is 0 Å². The van der Waals surface area contributed by atoms with Gasteiger partial charge in [0.1, 0.15) is 0 Å². The molecule has 2 rings (SSSR count). The van der Waals surface area contributed by atoms with E-state index in [1.807, 2.05) is 26.0 Å². The van der Waals surface area contributed by atoms with E-state index in [0.29, 0.717) is 6.42 Å². The largest absolute Gasteiger partial charge is 0.328 e. The van der Waals surface area contributed by atoms with Gasteiger partial charge >= 0.3 is 0 Å². The highest BCUT2D eigenvalue weighted by atomic mass is 16.1. The van der Waals surface area contributed by atoms with Gasteiger partial charge in [-0.05, 0) is 44.4 Å². The highest BCUT2D eigenvalue weighted by Crippen LogP contribution is 2.19. The van der Waals surface area contributed by atoms with Crippen LogP contribution in [-0.4, -0.2) is 11.0 Å². The number of rotatable bonds is 2. The van der Waals surface area contributed by atoms with Crippen LogP contribution in [0.3, 0.4) is 0 Å². The number of benzene rings is 1. The van der Waals surface area contributed by atoms with Crippen LogP contribution in [0.25, 0.3) is 10.9 Å². The van der Waals surface area contributed by atoms with Crippen molar-refractivity contribution in [1.29, 1.82) is 0 Å². The van der Waals surface area contributed by atoms with Gasteiger partial charge in [-0.15, -0.1) is 0 Å². The van der Waals surface area contributed by atoms with Crippen molar-refractivity contribution in [1.82, 2.24) is 4.98 Å². The van der Waals surface area contributed by atoms with E-state index in [9.17, 15) is 4.79 Å². The second-order valence-electron chi connectivity index (χ2n) is 4.79. The molecular formula is C14H18N2O.